The molecule has 6 heteroatoms. The van der Waals surface area contributed by atoms with Gasteiger partial charge in [0.1, 0.15) is 5.82 Å². The number of nitrogens with zero attached hydrogens (tertiary/aromatic N) is 1. The minimum atomic E-state index is -0.683. The van der Waals surface area contributed by atoms with Crippen LogP contribution in [0, 0.1) is 15.9 Å². The minimum Gasteiger partial charge on any atom is -0.320 e. The van der Waals surface area contributed by atoms with Crippen LogP contribution < -0.4 is 5.73 Å². The largest absolute Gasteiger partial charge is 0.320 e. The molecule has 4 nitrogen and oxygen atoms in total. The van der Waals surface area contributed by atoms with Crippen molar-refractivity contribution in [1.29, 1.82) is 0 Å². The first-order valence-corrected chi connectivity index (χ1v) is 5.75. The maximum Gasteiger partial charge on any atom is 0.274 e. The van der Waals surface area contributed by atoms with Gasteiger partial charge >= 0.3 is 0 Å². The number of rotatable bonds is 3. The summed E-state index contributed by atoms with van der Waals surface area (Å²) in [6.45, 7) is 0. The van der Waals surface area contributed by atoms with Crippen molar-refractivity contribution in [3.8, 4) is 0 Å². The van der Waals surface area contributed by atoms with Gasteiger partial charge < -0.3 is 5.73 Å². The van der Waals surface area contributed by atoms with Gasteiger partial charge in [-0.2, -0.15) is 11.3 Å². The molecule has 0 amide bonds. The first-order chi connectivity index (χ1) is 8.09. The monoisotopic (exact) mass is 252 g/mol. The molecule has 2 N–H and O–H groups in total. The van der Waals surface area contributed by atoms with Crippen LogP contribution in [0.25, 0.3) is 0 Å². The smallest absolute Gasteiger partial charge is 0.274 e. The highest BCUT2D eigenvalue weighted by Crippen LogP contribution is 2.29. The van der Waals surface area contributed by atoms with E-state index in [2.05, 4.69) is 0 Å². The fourth-order valence-corrected chi connectivity index (χ4v) is 2.27. The third-order valence-electron chi connectivity index (χ3n) is 2.42. The maximum absolute atomic E-state index is 13.1. The molecule has 2 aromatic rings. The van der Waals surface area contributed by atoms with E-state index in [1.165, 1.54) is 11.3 Å². The summed E-state index contributed by atoms with van der Waals surface area (Å²) in [5, 5.41) is 14.4. The van der Waals surface area contributed by atoms with Crippen LogP contribution in [0.15, 0.2) is 35.0 Å². The third-order valence-corrected chi connectivity index (χ3v) is 3.13. The van der Waals surface area contributed by atoms with Crippen molar-refractivity contribution in [2.75, 3.05) is 0 Å². The zero-order chi connectivity index (χ0) is 12.4. The van der Waals surface area contributed by atoms with Crippen molar-refractivity contribution in [2.45, 2.75) is 6.04 Å². The van der Waals surface area contributed by atoms with E-state index in [4.69, 9.17) is 5.73 Å². The van der Waals surface area contributed by atoms with Gasteiger partial charge in [-0.15, -0.1) is 0 Å². The molecule has 0 saturated carbocycles. The van der Waals surface area contributed by atoms with E-state index in [0.29, 0.717) is 0 Å². The van der Waals surface area contributed by atoms with Crippen LogP contribution in [-0.2, 0) is 0 Å². The van der Waals surface area contributed by atoms with Gasteiger partial charge in [0.2, 0.25) is 0 Å². The highest BCUT2D eigenvalue weighted by atomic mass is 32.1. The van der Waals surface area contributed by atoms with Crippen molar-refractivity contribution < 1.29 is 9.31 Å². The molecular weight excluding hydrogens is 243 g/mol. The molecule has 0 saturated heterocycles. The van der Waals surface area contributed by atoms with Gasteiger partial charge in [-0.25, -0.2) is 4.39 Å². The summed E-state index contributed by atoms with van der Waals surface area (Å²) in [7, 11) is 0. The van der Waals surface area contributed by atoms with Crippen LogP contribution in [-0.4, -0.2) is 4.92 Å². The number of thiophene rings is 1. The lowest BCUT2D eigenvalue weighted by Crippen LogP contribution is -2.13. The van der Waals surface area contributed by atoms with Gasteiger partial charge in [0.15, 0.2) is 0 Å². The normalized spacial score (nSPS) is 12.4. The number of nitrogens with two attached hydrogens (primary N) is 1. The highest BCUT2D eigenvalue weighted by molar-refractivity contribution is 7.08. The van der Waals surface area contributed by atoms with E-state index in [9.17, 15) is 14.5 Å². The zero-order valence-corrected chi connectivity index (χ0v) is 9.49. The molecular formula is C11H9FN2O2S. The molecule has 2 rings (SSSR count). The molecule has 17 heavy (non-hydrogen) atoms. The van der Waals surface area contributed by atoms with Crippen LogP contribution >= 0.6 is 11.3 Å². The molecule has 0 aliphatic carbocycles. The van der Waals surface area contributed by atoms with Crippen LogP contribution in [0.2, 0.25) is 0 Å². The van der Waals surface area contributed by atoms with Crippen molar-refractivity contribution in [1.82, 2.24) is 0 Å². The summed E-state index contributed by atoms with van der Waals surface area (Å²) >= 11 is 1.44. The van der Waals surface area contributed by atoms with E-state index in [-0.39, 0.29) is 11.3 Å². The lowest BCUT2D eigenvalue weighted by molar-refractivity contribution is -0.385. The Morgan fingerprint density at radius 1 is 1.41 bits per heavy atom. The molecule has 0 fully saturated rings. The van der Waals surface area contributed by atoms with Crippen molar-refractivity contribution >= 4 is 17.0 Å². The fraction of sp³-hybridized carbons (Fsp3) is 0.0909. The van der Waals surface area contributed by atoms with Gasteiger partial charge in [0.25, 0.3) is 5.69 Å². The summed E-state index contributed by atoms with van der Waals surface area (Å²) < 4.78 is 13.1. The molecule has 0 bridgehead atoms. The van der Waals surface area contributed by atoms with Crippen molar-refractivity contribution in [2.24, 2.45) is 5.73 Å². The summed E-state index contributed by atoms with van der Waals surface area (Å²) in [5.41, 5.74) is 6.67. The second-order valence-corrected chi connectivity index (χ2v) is 4.27. The molecule has 0 aliphatic rings. The SMILES string of the molecule is N[C@@H](c1ccsc1)c1cc(F)ccc1[N+](=O)[O-]. The molecule has 1 aromatic heterocycles. The van der Waals surface area contributed by atoms with E-state index < -0.39 is 16.8 Å². The molecule has 1 aromatic carbocycles. The van der Waals surface area contributed by atoms with Gasteiger partial charge in [-0.3, -0.25) is 10.1 Å². The van der Waals surface area contributed by atoms with Crippen molar-refractivity contribution in [3.63, 3.8) is 0 Å². The Balaban J connectivity index is 2.50. The lowest BCUT2D eigenvalue weighted by Gasteiger charge is -2.10. The Kier molecular flexibility index (Phi) is 3.16. The second kappa shape index (κ2) is 4.60. The first-order valence-electron chi connectivity index (χ1n) is 4.81. The Bertz CT molecular complexity index is 542. The summed E-state index contributed by atoms with van der Waals surface area (Å²) in [4.78, 5) is 10.3. The van der Waals surface area contributed by atoms with Crippen LogP contribution in [0.4, 0.5) is 10.1 Å². The molecule has 0 spiro atoms. The van der Waals surface area contributed by atoms with Gasteiger partial charge in [-0.05, 0) is 34.5 Å². The Hall–Kier alpha value is -1.79. The van der Waals surface area contributed by atoms with E-state index >= 15 is 0 Å². The number of nitro benzene ring substituents is 1. The standard InChI is InChI=1S/C11H9FN2O2S/c12-8-1-2-10(14(15)16)9(5-8)11(13)7-3-4-17-6-7/h1-6,11H,13H2/t11-/m0/s1. The highest BCUT2D eigenvalue weighted by Gasteiger charge is 2.21. The number of benzene rings is 1. The Labute approximate surface area is 101 Å². The summed E-state index contributed by atoms with van der Waals surface area (Å²) in [6, 6.07) is 4.39. The third kappa shape index (κ3) is 2.32. The second-order valence-electron chi connectivity index (χ2n) is 3.49. The zero-order valence-electron chi connectivity index (χ0n) is 8.67. The molecule has 0 aliphatic heterocycles. The Morgan fingerprint density at radius 2 is 2.18 bits per heavy atom. The number of halogens is 1. The molecule has 1 heterocycles. The maximum atomic E-state index is 13.1. The fourth-order valence-electron chi connectivity index (χ4n) is 1.57. The predicted octanol–water partition coefficient (Wildman–Crippen LogP) is 2.84. The first kappa shape index (κ1) is 11.7. The molecule has 0 radical (unpaired) electrons. The van der Waals surface area contributed by atoms with Crippen LogP contribution in [0.3, 0.4) is 0 Å². The van der Waals surface area contributed by atoms with Crippen LogP contribution in [0.1, 0.15) is 17.2 Å². The lowest BCUT2D eigenvalue weighted by atomic mass is 10.0. The number of hydrogen-bond donors (Lipinski definition) is 1. The van der Waals surface area contributed by atoms with E-state index in [1.54, 1.807) is 11.4 Å². The van der Waals surface area contributed by atoms with Crippen LogP contribution in [0.5, 0.6) is 0 Å². The average molecular weight is 252 g/mol. The topological polar surface area (TPSA) is 69.2 Å². The molecule has 88 valence electrons. The number of nitro groups is 1. The minimum absolute atomic E-state index is 0.162. The average Bonchev–Trinajstić information content (AvgIpc) is 2.80. The quantitative estimate of drug-likeness (QED) is 0.674. The van der Waals surface area contributed by atoms with Gasteiger partial charge in [0.05, 0.1) is 16.5 Å². The summed E-state index contributed by atoms with van der Waals surface area (Å²) in [5.74, 6) is -0.531. The van der Waals surface area contributed by atoms with Gasteiger partial charge in [0, 0.05) is 6.07 Å². The van der Waals surface area contributed by atoms with Gasteiger partial charge in [-0.1, -0.05) is 0 Å². The van der Waals surface area contributed by atoms with E-state index in [0.717, 1.165) is 23.8 Å². The van der Waals surface area contributed by atoms with Crippen molar-refractivity contribution in [3.05, 3.63) is 62.1 Å². The van der Waals surface area contributed by atoms with E-state index in [1.807, 2.05) is 5.38 Å². The number of hydrogen-bond acceptors (Lipinski definition) is 4. The molecule has 1 atom stereocenters. The predicted molar refractivity (Wildman–Crippen MR) is 63.4 cm³/mol. The molecule has 0 unspecified atom stereocenters. The Morgan fingerprint density at radius 3 is 2.76 bits per heavy atom. The summed E-state index contributed by atoms with van der Waals surface area (Å²) in [6.07, 6.45) is 0.